The average molecular weight is 292 g/mol. The number of benzene rings is 1. The maximum absolute atomic E-state index is 5.94. The number of nitrogens with zero attached hydrogens (tertiary/aromatic N) is 3. The Morgan fingerprint density at radius 2 is 2.00 bits per heavy atom. The number of aryl methyl sites for hydroxylation is 1. The number of hydrogen-bond acceptors (Lipinski definition) is 2. The molecule has 3 rings (SSSR count). The zero-order valence-electron chi connectivity index (χ0n) is 12.1. The molecule has 0 saturated carbocycles. The van der Waals surface area contributed by atoms with Crippen molar-refractivity contribution in [2.45, 2.75) is 38.8 Å². The molecule has 0 spiro atoms. The number of imidazole rings is 1. The molecule has 0 radical (unpaired) electrons. The van der Waals surface area contributed by atoms with Gasteiger partial charge in [0.25, 0.3) is 0 Å². The van der Waals surface area contributed by atoms with E-state index in [1.807, 2.05) is 6.07 Å². The van der Waals surface area contributed by atoms with Crippen molar-refractivity contribution in [3.63, 3.8) is 0 Å². The van der Waals surface area contributed by atoms with E-state index >= 15 is 0 Å². The smallest absolute Gasteiger partial charge is 0.111 e. The molecule has 1 unspecified atom stereocenters. The van der Waals surface area contributed by atoms with Crippen molar-refractivity contribution in [2.24, 2.45) is 0 Å². The quantitative estimate of drug-likeness (QED) is 0.788. The van der Waals surface area contributed by atoms with Gasteiger partial charge < -0.3 is 4.57 Å². The van der Waals surface area contributed by atoms with Crippen molar-refractivity contribution < 1.29 is 0 Å². The summed E-state index contributed by atoms with van der Waals surface area (Å²) < 4.78 is 2.36. The van der Waals surface area contributed by atoms with Crippen molar-refractivity contribution in [3.05, 3.63) is 30.1 Å². The van der Waals surface area contributed by atoms with Crippen LogP contribution in [0.2, 0.25) is 0 Å². The number of aromatic nitrogens is 2. The summed E-state index contributed by atoms with van der Waals surface area (Å²) in [6.07, 6.45) is 3.51. The predicted molar refractivity (Wildman–Crippen MR) is 84.4 cm³/mol. The highest BCUT2D eigenvalue weighted by atomic mass is 35.5. The van der Waals surface area contributed by atoms with Crippen LogP contribution in [0, 0.1) is 0 Å². The molecule has 1 aliphatic rings. The van der Waals surface area contributed by atoms with Crippen LogP contribution in [-0.2, 0) is 13.0 Å². The number of likely N-dealkylation sites (tertiary alicyclic amines) is 1. The molecule has 108 valence electrons. The first-order valence-corrected chi connectivity index (χ1v) is 8.07. The highest BCUT2D eigenvalue weighted by molar-refractivity contribution is 6.17. The van der Waals surface area contributed by atoms with Gasteiger partial charge in [-0.1, -0.05) is 12.1 Å². The molecule has 1 aliphatic heterocycles. The summed E-state index contributed by atoms with van der Waals surface area (Å²) in [6, 6.07) is 8.95. The lowest BCUT2D eigenvalue weighted by Gasteiger charge is -2.25. The van der Waals surface area contributed by atoms with Gasteiger partial charge in [0.15, 0.2) is 0 Å². The van der Waals surface area contributed by atoms with Crippen LogP contribution in [0.5, 0.6) is 0 Å². The first-order chi connectivity index (χ1) is 9.79. The topological polar surface area (TPSA) is 21.1 Å². The molecule has 1 aromatic heterocycles. The number of halogens is 1. The molecule has 0 amide bonds. The van der Waals surface area contributed by atoms with Crippen LogP contribution >= 0.6 is 11.6 Å². The molecule has 0 bridgehead atoms. The molecule has 0 N–H and O–H groups in total. The second-order valence-corrected chi connectivity index (χ2v) is 6.04. The zero-order chi connectivity index (χ0) is 13.9. The summed E-state index contributed by atoms with van der Waals surface area (Å²) in [5.74, 6) is 1.74. The van der Waals surface area contributed by atoms with Crippen LogP contribution in [0.3, 0.4) is 0 Å². The fraction of sp³-hybridized carbons (Fsp3) is 0.562. The summed E-state index contributed by atoms with van der Waals surface area (Å²) in [6.45, 7) is 5.80. The molecule has 4 heteroatoms. The van der Waals surface area contributed by atoms with Crippen LogP contribution in [-0.4, -0.2) is 39.5 Å². The number of rotatable bonds is 5. The van der Waals surface area contributed by atoms with Crippen molar-refractivity contribution >= 4 is 22.6 Å². The Kier molecular flexibility index (Phi) is 4.27. The Labute approximate surface area is 125 Å². The standard InChI is InChI=1S/C16H22ClN3/c1-13(19-10-4-5-11-19)12-20-15-7-3-2-6-14(15)18-16(20)8-9-17/h2-3,6-7,13H,4-5,8-12H2,1H3. The number of alkyl halides is 1. The normalized spacial score (nSPS) is 17.9. The van der Waals surface area contributed by atoms with E-state index in [0.29, 0.717) is 11.9 Å². The minimum absolute atomic E-state index is 0.559. The number of para-hydroxylation sites is 2. The monoisotopic (exact) mass is 291 g/mol. The first kappa shape index (κ1) is 13.9. The van der Waals surface area contributed by atoms with Crippen molar-refractivity contribution in [1.82, 2.24) is 14.5 Å². The lowest BCUT2D eigenvalue weighted by Crippen LogP contribution is -2.34. The van der Waals surface area contributed by atoms with Crippen LogP contribution in [0.1, 0.15) is 25.6 Å². The minimum Gasteiger partial charge on any atom is -0.326 e. The van der Waals surface area contributed by atoms with Gasteiger partial charge in [0.05, 0.1) is 11.0 Å². The number of fused-ring (bicyclic) bond motifs is 1. The molecule has 3 nitrogen and oxygen atoms in total. The molecule has 1 saturated heterocycles. The third kappa shape index (κ3) is 2.70. The van der Waals surface area contributed by atoms with Crippen LogP contribution < -0.4 is 0 Å². The van der Waals surface area contributed by atoms with E-state index in [1.54, 1.807) is 0 Å². The third-order valence-corrected chi connectivity index (χ3v) is 4.45. The molecule has 1 atom stereocenters. The molecule has 2 aromatic rings. The van der Waals surface area contributed by atoms with E-state index in [4.69, 9.17) is 16.6 Å². The molecular weight excluding hydrogens is 270 g/mol. The van der Waals surface area contributed by atoms with E-state index in [1.165, 1.54) is 31.4 Å². The Morgan fingerprint density at radius 3 is 2.75 bits per heavy atom. The molecule has 0 aliphatic carbocycles. The molecule has 1 aromatic carbocycles. The minimum atomic E-state index is 0.559. The Morgan fingerprint density at radius 1 is 1.25 bits per heavy atom. The van der Waals surface area contributed by atoms with Gasteiger partial charge in [-0.25, -0.2) is 4.98 Å². The second-order valence-electron chi connectivity index (χ2n) is 5.66. The van der Waals surface area contributed by atoms with Gasteiger partial charge >= 0.3 is 0 Å². The van der Waals surface area contributed by atoms with Gasteiger partial charge in [-0.05, 0) is 45.0 Å². The Hall–Kier alpha value is -1.06. The van der Waals surface area contributed by atoms with Gasteiger partial charge in [0.2, 0.25) is 0 Å². The van der Waals surface area contributed by atoms with E-state index in [-0.39, 0.29) is 0 Å². The molecule has 1 fully saturated rings. The summed E-state index contributed by atoms with van der Waals surface area (Å²) in [4.78, 5) is 7.32. The van der Waals surface area contributed by atoms with Gasteiger partial charge in [0.1, 0.15) is 5.82 Å². The van der Waals surface area contributed by atoms with Crippen LogP contribution in [0.4, 0.5) is 0 Å². The van der Waals surface area contributed by atoms with Crippen LogP contribution in [0.15, 0.2) is 24.3 Å². The Bertz CT molecular complexity index is 572. The zero-order valence-corrected chi connectivity index (χ0v) is 12.8. The van der Waals surface area contributed by atoms with E-state index in [2.05, 4.69) is 34.6 Å². The summed E-state index contributed by atoms with van der Waals surface area (Å²) >= 11 is 5.94. The molecule has 20 heavy (non-hydrogen) atoms. The molecular formula is C16H22ClN3. The first-order valence-electron chi connectivity index (χ1n) is 7.54. The van der Waals surface area contributed by atoms with E-state index < -0.39 is 0 Å². The van der Waals surface area contributed by atoms with E-state index in [0.717, 1.165) is 24.3 Å². The van der Waals surface area contributed by atoms with Gasteiger partial charge in [-0.3, -0.25) is 4.90 Å². The fourth-order valence-electron chi connectivity index (χ4n) is 3.17. The van der Waals surface area contributed by atoms with Crippen molar-refractivity contribution in [1.29, 1.82) is 0 Å². The summed E-state index contributed by atoms with van der Waals surface area (Å²) in [5, 5.41) is 0. The van der Waals surface area contributed by atoms with Crippen LogP contribution in [0.25, 0.3) is 11.0 Å². The summed E-state index contributed by atoms with van der Waals surface area (Å²) in [7, 11) is 0. The van der Waals surface area contributed by atoms with Crippen molar-refractivity contribution in [2.75, 3.05) is 19.0 Å². The van der Waals surface area contributed by atoms with E-state index in [9.17, 15) is 0 Å². The lowest BCUT2D eigenvalue weighted by atomic mass is 10.2. The highest BCUT2D eigenvalue weighted by Crippen LogP contribution is 2.20. The number of hydrogen-bond donors (Lipinski definition) is 0. The maximum atomic E-state index is 5.94. The predicted octanol–water partition coefficient (Wildman–Crippen LogP) is 3.30. The summed E-state index contributed by atoms with van der Waals surface area (Å²) in [5.41, 5.74) is 2.32. The van der Waals surface area contributed by atoms with Gasteiger partial charge in [-0.15, -0.1) is 11.6 Å². The Balaban J connectivity index is 1.89. The van der Waals surface area contributed by atoms with Gasteiger partial charge in [-0.2, -0.15) is 0 Å². The average Bonchev–Trinajstić information content (AvgIpc) is 3.08. The highest BCUT2D eigenvalue weighted by Gasteiger charge is 2.20. The fourth-order valence-corrected chi connectivity index (χ4v) is 3.34. The largest absolute Gasteiger partial charge is 0.326 e. The molecule has 2 heterocycles. The maximum Gasteiger partial charge on any atom is 0.111 e. The SMILES string of the molecule is CC(Cn1c(CCCl)nc2ccccc21)N1CCCC1. The van der Waals surface area contributed by atoms with Crippen molar-refractivity contribution in [3.8, 4) is 0 Å². The third-order valence-electron chi connectivity index (χ3n) is 4.26. The van der Waals surface area contributed by atoms with Gasteiger partial charge in [0, 0.05) is 24.9 Å². The lowest BCUT2D eigenvalue weighted by molar-refractivity contribution is 0.236. The second kappa shape index (κ2) is 6.15.